The largest absolute Gasteiger partial charge is 0.122 e. The summed E-state index contributed by atoms with van der Waals surface area (Å²) in [6.45, 7) is 4.58. The second-order valence-electron chi connectivity index (χ2n) is 5.15. The highest BCUT2D eigenvalue weighted by atomic mass is 35.5. The van der Waals surface area contributed by atoms with E-state index in [-0.39, 0.29) is 0 Å². The fourth-order valence-corrected chi connectivity index (χ4v) is 3.45. The van der Waals surface area contributed by atoms with Crippen molar-refractivity contribution in [3.63, 3.8) is 0 Å². The molecule has 1 aliphatic carbocycles. The van der Waals surface area contributed by atoms with Gasteiger partial charge in [-0.05, 0) is 31.1 Å². The van der Waals surface area contributed by atoms with E-state index in [4.69, 9.17) is 11.6 Å². The van der Waals surface area contributed by atoms with Gasteiger partial charge in [0.25, 0.3) is 0 Å². The second-order valence-corrected chi connectivity index (χ2v) is 5.66. The first-order chi connectivity index (χ1) is 7.29. The van der Waals surface area contributed by atoms with Gasteiger partial charge < -0.3 is 0 Å². The van der Waals surface area contributed by atoms with Crippen molar-refractivity contribution in [1.29, 1.82) is 0 Å². The van der Waals surface area contributed by atoms with Gasteiger partial charge in [0.05, 0.1) is 0 Å². The maximum absolute atomic E-state index is 6.66. The Morgan fingerprint density at radius 1 is 1.13 bits per heavy atom. The first-order valence-corrected chi connectivity index (χ1v) is 7.37. The van der Waals surface area contributed by atoms with Crippen molar-refractivity contribution >= 4 is 11.6 Å². The Hall–Kier alpha value is 0.290. The summed E-state index contributed by atoms with van der Waals surface area (Å²) >= 11 is 6.66. The molecule has 1 heteroatoms. The Balaban J connectivity index is 2.36. The van der Waals surface area contributed by atoms with Gasteiger partial charge in [-0.15, -0.1) is 11.6 Å². The summed E-state index contributed by atoms with van der Waals surface area (Å²) in [5.74, 6) is 1.59. The van der Waals surface area contributed by atoms with Crippen LogP contribution in [0.1, 0.15) is 71.6 Å². The average molecular weight is 231 g/mol. The number of hydrogen-bond donors (Lipinski definition) is 0. The van der Waals surface area contributed by atoms with Crippen molar-refractivity contribution < 1.29 is 0 Å². The molecule has 0 saturated heterocycles. The number of unbranched alkanes of at least 4 members (excludes halogenated alkanes) is 1. The standard InChI is InChI=1S/C14H27Cl/c1-3-5-9-12(4-2)14(15)13-10-7-6-8-11-13/h12-14H,3-11H2,1-2H3. The van der Waals surface area contributed by atoms with Crippen LogP contribution < -0.4 is 0 Å². The zero-order valence-corrected chi connectivity index (χ0v) is 11.2. The molecule has 1 saturated carbocycles. The third kappa shape index (κ3) is 4.34. The second kappa shape index (κ2) is 7.54. The van der Waals surface area contributed by atoms with Crippen LogP contribution in [0.3, 0.4) is 0 Å². The number of alkyl halides is 1. The van der Waals surface area contributed by atoms with Gasteiger partial charge in [-0.1, -0.05) is 52.4 Å². The van der Waals surface area contributed by atoms with Gasteiger partial charge in [-0.25, -0.2) is 0 Å². The molecule has 0 nitrogen and oxygen atoms in total. The predicted molar refractivity (Wildman–Crippen MR) is 69.5 cm³/mol. The van der Waals surface area contributed by atoms with Crippen LogP contribution in [0.5, 0.6) is 0 Å². The van der Waals surface area contributed by atoms with Crippen LogP contribution >= 0.6 is 11.6 Å². The lowest BCUT2D eigenvalue weighted by Gasteiger charge is -2.31. The molecule has 0 amide bonds. The molecule has 1 rings (SSSR count). The molecule has 0 aromatic rings. The molecule has 0 bridgehead atoms. The molecule has 0 aromatic carbocycles. The average Bonchev–Trinajstić information content (AvgIpc) is 2.31. The Kier molecular flexibility index (Phi) is 6.72. The molecule has 2 atom stereocenters. The number of hydrogen-bond acceptors (Lipinski definition) is 0. The van der Waals surface area contributed by atoms with E-state index in [9.17, 15) is 0 Å². The number of halogens is 1. The summed E-state index contributed by atoms with van der Waals surface area (Å²) in [7, 11) is 0. The predicted octanol–water partition coefficient (Wildman–Crippen LogP) is 5.39. The minimum absolute atomic E-state index is 0.460. The first kappa shape index (κ1) is 13.4. The van der Waals surface area contributed by atoms with E-state index in [2.05, 4.69) is 13.8 Å². The highest BCUT2D eigenvalue weighted by molar-refractivity contribution is 6.21. The van der Waals surface area contributed by atoms with Crippen LogP contribution in [-0.2, 0) is 0 Å². The van der Waals surface area contributed by atoms with Crippen molar-refractivity contribution in [1.82, 2.24) is 0 Å². The van der Waals surface area contributed by atoms with Crippen molar-refractivity contribution in [3.05, 3.63) is 0 Å². The van der Waals surface area contributed by atoms with Gasteiger partial charge in [0.15, 0.2) is 0 Å². The lowest BCUT2D eigenvalue weighted by molar-refractivity contribution is 0.278. The van der Waals surface area contributed by atoms with E-state index >= 15 is 0 Å². The van der Waals surface area contributed by atoms with Gasteiger partial charge >= 0.3 is 0 Å². The summed E-state index contributed by atoms with van der Waals surface area (Å²) in [5, 5.41) is 0.460. The zero-order valence-electron chi connectivity index (χ0n) is 10.5. The zero-order chi connectivity index (χ0) is 11.1. The monoisotopic (exact) mass is 230 g/mol. The van der Waals surface area contributed by atoms with Crippen molar-refractivity contribution in [2.24, 2.45) is 11.8 Å². The topological polar surface area (TPSA) is 0 Å². The molecule has 0 radical (unpaired) electrons. The Morgan fingerprint density at radius 3 is 2.33 bits per heavy atom. The van der Waals surface area contributed by atoms with Crippen LogP contribution in [0.2, 0.25) is 0 Å². The van der Waals surface area contributed by atoms with Crippen molar-refractivity contribution in [2.75, 3.05) is 0 Å². The molecule has 0 N–H and O–H groups in total. The Bertz CT molecular complexity index is 149. The summed E-state index contributed by atoms with van der Waals surface area (Å²) in [6.07, 6.45) is 12.3. The lowest BCUT2D eigenvalue weighted by atomic mass is 9.80. The van der Waals surface area contributed by atoms with Gasteiger partial charge in [-0.3, -0.25) is 0 Å². The van der Waals surface area contributed by atoms with E-state index in [1.807, 2.05) is 0 Å². The van der Waals surface area contributed by atoms with E-state index in [0.29, 0.717) is 5.38 Å². The third-order valence-corrected chi connectivity index (χ3v) is 4.72. The summed E-state index contributed by atoms with van der Waals surface area (Å²) in [5.41, 5.74) is 0. The summed E-state index contributed by atoms with van der Waals surface area (Å²) in [6, 6.07) is 0. The molecular formula is C14H27Cl. The molecule has 1 aliphatic rings. The molecule has 0 aromatic heterocycles. The van der Waals surface area contributed by atoms with Crippen molar-refractivity contribution in [2.45, 2.75) is 77.0 Å². The lowest BCUT2D eigenvalue weighted by Crippen LogP contribution is -2.26. The smallest absolute Gasteiger partial charge is 0.0392 e. The minimum atomic E-state index is 0.460. The maximum atomic E-state index is 6.66. The van der Waals surface area contributed by atoms with E-state index in [1.54, 1.807) is 0 Å². The van der Waals surface area contributed by atoms with Crippen LogP contribution in [0.25, 0.3) is 0 Å². The minimum Gasteiger partial charge on any atom is -0.122 e. The van der Waals surface area contributed by atoms with Crippen LogP contribution in [0, 0.1) is 11.8 Å². The molecule has 2 unspecified atom stereocenters. The molecule has 0 heterocycles. The molecule has 90 valence electrons. The van der Waals surface area contributed by atoms with Gasteiger partial charge in [0, 0.05) is 5.38 Å². The van der Waals surface area contributed by atoms with E-state index < -0.39 is 0 Å². The third-order valence-electron chi connectivity index (χ3n) is 4.00. The van der Waals surface area contributed by atoms with Crippen LogP contribution in [0.15, 0.2) is 0 Å². The normalized spacial score (nSPS) is 22.6. The Labute approximate surface area is 101 Å². The number of rotatable bonds is 6. The van der Waals surface area contributed by atoms with Gasteiger partial charge in [0.2, 0.25) is 0 Å². The quantitative estimate of drug-likeness (QED) is 0.537. The van der Waals surface area contributed by atoms with Gasteiger partial charge in [0.1, 0.15) is 0 Å². The van der Waals surface area contributed by atoms with E-state index in [0.717, 1.165) is 11.8 Å². The van der Waals surface area contributed by atoms with Crippen LogP contribution in [-0.4, -0.2) is 5.38 Å². The maximum Gasteiger partial charge on any atom is 0.0392 e. The first-order valence-electron chi connectivity index (χ1n) is 6.93. The SMILES string of the molecule is CCCCC(CC)C(Cl)C1CCCCC1. The van der Waals surface area contributed by atoms with Crippen LogP contribution in [0.4, 0.5) is 0 Å². The van der Waals surface area contributed by atoms with E-state index in [1.165, 1.54) is 57.8 Å². The fourth-order valence-electron chi connectivity index (χ4n) is 2.89. The highest BCUT2D eigenvalue weighted by Crippen LogP contribution is 2.35. The summed E-state index contributed by atoms with van der Waals surface area (Å²) < 4.78 is 0. The Morgan fingerprint density at radius 2 is 1.80 bits per heavy atom. The molecule has 1 fully saturated rings. The summed E-state index contributed by atoms with van der Waals surface area (Å²) in [4.78, 5) is 0. The molecular weight excluding hydrogens is 204 g/mol. The van der Waals surface area contributed by atoms with Gasteiger partial charge in [-0.2, -0.15) is 0 Å². The molecule has 0 spiro atoms. The fraction of sp³-hybridized carbons (Fsp3) is 1.00. The molecule has 15 heavy (non-hydrogen) atoms. The highest BCUT2D eigenvalue weighted by Gasteiger charge is 2.27. The molecule has 0 aliphatic heterocycles. The van der Waals surface area contributed by atoms with Crippen molar-refractivity contribution in [3.8, 4) is 0 Å².